The van der Waals surface area contributed by atoms with E-state index in [1.807, 2.05) is 6.07 Å². The molecule has 0 aromatic heterocycles. The first kappa shape index (κ1) is 14.5. The average molecular weight is 289 g/mol. The summed E-state index contributed by atoms with van der Waals surface area (Å²) in [6.07, 6.45) is -0.861. The third-order valence-corrected chi connectivity index (χ3v) is 2.68. The first-order valence-electron chi connectivity index (χ1n) is 6.07. The van der Waals surface area contributed by atoms with E-state index in [1.165, 1.54) is 12.1 Å². The normalized spacial score (nSPS) is 9.95. The van der Waals surface area contributed by atoms with Crippen molar-refractivity contribution in [2.24, 2.45) is 0 Å². The molecule has 0 aliphatic rings. The Morgan fingerprint density at radius 2 is 1.81 bits per heavy atom. The lowest BCUT2D eigenvalue weighted by atomic mass is 10.2. The number of rotatable bonds is 4. The zero-order valence-corrected chi connectivity index (χ0v) is 10.9. The van der Waals surface area contributed by atoms with Crippen molar-refractivity contribution in [2.75, 3.05) is 5.32 Å². The van der Waals surface area contributed by atoms with Gasteiger partial charge in [0.25, 0.3) is 0 Å². The molecule has 0 aliphatic carbocycles. The predicted octanol–water partition coefficient (Wildman–Crippen LogP) is 3.27. The van der Waals surface area contributed by atoms with E-state index in [4.69, 9.17) is 9.84 Å². The van der Waals surface area contributed by atoms with Gasteiger partial charge >= 0.3 is 12.1 Å². The minimum absolute atomic E-state index is 0.0346. The summed E-state index contributed by atoms with van der Waals surface area (Å²) < 4.78 is 18.7. The Morgan fingerprint density at radius 3 is 2.48 bits per heavy atom. The number of carbonyl (C=O) groups is 2. The van der Waals surface area contributed by atoms with Crippen molar-refractivity contribution >= 4 is 17.7 Å². The molecular weight excluding hydrogens is 277 g/mol. The van der Waals surface area contributed by atoms with Crippen molar-refractivity contribution in [3.8, 4) is 0 Å². The quantitative estimate of drug-likeness (QED) is 0.905. The van der Waals surface area contributed by atoms with Gasteiger partial charge in [-0.05, 0) is 17.7 Å². The number of anilines is 1. The molecule has 0 saturated heterocycles. The van der Waals surface area contributed by atoms with Crippen molar-refractivity contribution < 1.29 is 23.8 Å². The standard InChI is InChI=1S/C15H12FNO4/c16-13-11(14(18)19)7-4-8-12(13)17-15(20)21-9-10-5-2-1-3-6-10/h1-8H,9H2,(H,17,20)(H,18,19). The highest BCUT2D eigenvalue weighted by atomic mass is 19.1. The molecule has 0 saturated carbocycles. The van der Waals surface area contributed by atoms with Gasteiger partial charge in [0.05, 0.1) is 11.3 Å². The van der Waals surface area contributed by atoms with Gasteiger partial charge in [-0.15, -0.1) is 0 Å². The van der Waals surface area contributed by atoms with Crippen molar-refractivity contribution in [3.63, 3.8) is 0 Å². The summed E-state index contributed by atoms with van der Waals surface area (Å²) >= 11 is 0. The molecule has 21 heavy (non-hydrogen) atoms. The Kier molecular flexibility index (Phi) is 4.50. The monoisotopic (exact) mass is 289 g/mol. The van der Waals surface area contributed by atoms with Gasteiger partial charge in [-0.3, -0.25) is 5.32 Å². The van der Waals surface area contributed by atoms with Crippen molar-refractivity contribution in [3.05, 3.63) is 65.5 Å². The van der Waals surface area contributed by atoms with E-state index in [-0.39, 0.29) is 12.3 Å². The summed E-state index contributed by atoms with van der Waals surface area (Å²) in [4.78, 5) is 22.4. The van der Waals surface area contributed by atoms with Crippen LogP contribution in [0.2, 0.25) is 0 Å². The highest BCUT2D eigenvalue weighted by Gasteiger charge is 2.15. The molecule has 5 nitrogen and oxygen atoms in total. The summed E-state index contributed by atoms with van der Waals surface area (Å²) in [5, 5.41) is 11.0. The van der Waals surface area contributed by atoms with Gasteiger partial charge in [0, 0.05) is 0 Å². The number of halogens is 1. The maximum Gasteiger partial charge on any atom is 0.412 e. The second-order valence-corrected chi connectivity index (χ2v) is 4.16. The average Bonchev–Trinajstić information content (AvgIpc) is 2.48. The fraction of sp³-hybridized carbons (Fsp3) is 0.0667. The second kappa shape index (κ2) is 6.51. The zero-order chi connectivity index (χ0) is 15.2. The highest BCUT2D eigenvalue weighted by molar-refractivity contribution is 5.91. The van der Waals surface area contributed by atoms with E-state index >= 15 is 0 Å². The number of hydrogen-bond acceptors (Lipinski definition) is 3. The lowest BCUT2D eigenvalue weighted by Gasteiger charge is -2.09. The maximum absolute atomic E-state index is 13.8. The van der Waals surface area contributed by atoms with Crippen LogP contribution in [-0.4, -0.2) is 17.2 Å². The number of benzene rings is 2. The van der Waals surface area contributed by atoms with Crippen LogP contribution < -0.4 is 5.32 Å². The van der Waals surface area contributed by atoms with Gasteiger partial charge in [-0.1, -0.05) is 36.4 Å². The Balaban J connectivity index is 2.00. The molecule has 2 N–H and O–H groups in total. The molecule has 108 valence electrons. The molecule has 2 rings (SSSR count). The van der Waals surface area contributed by atoms with Gasteiger partial charge in [-0.2, -0.15) is 0 Å². The number of aromatic carboxylic acids is 1. The van der Waals surface area contributed by atoms with Crippen LogP contribution >= 0.6 is 0 Å². The van der Waals surface area contributed by atoms with Crippen LogP contribution in [0.15, 0.2) is 48.5 Å². The van der Waals surface area contributed by atoms with Crippen LogP contribution in [0.3, 0.4) is 0 Å². The minimum atomic E-state index is -1.41. The Morgan fingerprint density at radius 1 is 1.10 bits per heavy atom. The molecule has 0 aliphatic heterocycles. The van der Waals surface area contributed by atoms with Crippen LogP contribution in [0.5, 0.6) is 0 Å². The molecule has 0 heterocycles. The molecule has 0 fully saturated rings. The number of nitrogens with one attached hydrogen (secondary N) is 1. The third-order valence-electron chi connectivity index (χ3n) is 2.68. The first-order chi connectivity index (χ1) is 10.1. The molecule has 2 aromatic carbocycles. The van der Waals surface area contributed by atoms with Crippen LogP contribution in [-0.2, 0) is 11.3 Å². The van der Waals surface area contributed by atoms with E-state index in [9.17, 15) is 14.0 Å². The Labute approximate surface area is 120 Å². The molecule has 0 unspecified atom stereocenters. The summed E-state index contributed by atoms with van der Waals surface area (Å²) in [5.41, 5.74) is 0.0243. The first-order valence-corrected chi connectivity index (χ1v) is 6.07. The van der Waals surface area contributed by atoms with Gasteiger partial charge in [0.1, 0.15) is 6.61 Å². The van der Waals surface area contributed by atoms with Crippen LogP contribution in [0.25, 0.3) is 0 Å². The van der Waals surface area contributed by atoms with Gasteiger partial charge < -0.3 is 9.84 Å². The lowest BCUT2D eigenvalue weighted by molar-refractivity contribution is 0.0692. The van der Waals surface area contributed by atoms with Crippen molar-refractivity contribution in [1.82, 2.24) is 0 Å². The fourth-order valence-electron chi connectivity index (χ4n) is 1.66. The van der Waals surface area contributed by atoms with E-state index in [1.54, 1.807) is 24.3 Å². The van der Waals surface area contributed by atoms with Crippen LogP contribution in [0, 0.1) is 5.82 Å². The summed E-state index contributed by atoms with van der Waals surface area (Å²) in [6, 6.07) is 12.7. The molecule has 1 amide bonds. The Bertz CT molecular complexity index is 658. The topological polar surface area (TPSA) is 75.6 Å². The van der Waals surface area contributed by atoms with E-state index < -0.39 is 23.4 Å². The number of amides is 1. The maximum atomic E-state index is 13.8. The SMILES string of the molecule is O=C(Nc1cccc(C(=O)O)c1F)OCc1ccccc1. The van der Waals surface area contributed by atoms with Crippen molar-refractivity contribution in [1.29, 1.82) is 0 Å². The third kappa shape index (κ3) is 3.79. The summed E-state index contributed by atoms with van der Waals surface area (Å²) in [7, 11) is 0. The number of ether oxygens (including phenoxy) is 1. The smallest absolute Gasteiger partial charge is 0.412 e. The number of carboxylic acid groups (broad SMARTS) is 1. The van der Waals surface area contributed by atoms with Crippen LogP contribution in [0.4, 0.5) is 14.9 Å². The number of carbonyl (C=O) groups excluding carboxylic acids is 1. The highest BCUT2D eigenvalue weighted by Crippen LogP contribution is 2.18. The minimum Gasteiger partial charge on any atom is -0.478 e. The molecule has 0 spiro atoms. The van der Waals surface area contributed by atoms with Gasteiger partial charge in [-0.25, -0.2) is 14.0 Å². The van der Waals surface area contributed by atoms with Gasteiger partial charge in [0.2, 0.25) is 0 Å². The largest absolute Gasteiger partial charge is 0.478 e. The van der Waals surface area contributed by atoms with E-state index in [0.29, 0.717) is 0 Å². The molecular formula is C15H12FNO4. The molecule has 0 bridgehead atoms. The molecule has 2 aromatic rings. The molecule has 0 radical (unpaired) electrons. The molecule has 6 heteroatoms. The lowest BCUT2D eigenvalue weighted by Crippen LogP contribution is -2.15. The summed E-state index contributed by atoms with van der Waals surface area (Å²) in [6.45, 7) is 0.0346. The predicted molar refractivity (Wildman–Crippen MR) is 73.6 cm³/mol. The molecule has 0 atom stereocenters. The van der Waals surface area contributed by atoms with Gasteiger partial charge in [0.15, 0.2) is 5.82 Å². The second-order valence-electron chi connectivity index (χ2n) is 4.16. The van der Waals surface area contributed by atoms with E-state index in [0.717, 1.165) is 11.6 Å². The number of hydrogen-bond donors (Lipinski definition) is 2. The van der Waals surface area contributed by atoms with Crippen LogP contribution in [0.1, 0.15) is 15.9 Å². The Hall–Kier alpha value is -2.89. The summed E-state index contributed by atoms with van der Waals surface area (Å²) in [5.74, 6) is -2.42. The zero-order valence-electron chi connectivity index (χ0n) is 10.9. The van der Waals surface area contributed by atoms with E-state index in [2.05, 4.69) is 5.32 Å². The number of carboxylic acids is 1. The van der Waals surface area contributed by atoms with Crippen molar-refractivity contribution in [2.45, 2.75) is 6.61 Å². The fourth-order valence-corrected chi connectivity index (χ4v) is 1.66.